The highest BCUT2D eigenvalue weighted by Gasteiger charge is 2.26. The second-order valence-corrected chi connectivity index (χ2v) is 6.82. The molecule has 0 unspecified atom stereocenters. The zero-order valence-electron chi connectivity index (χ0n) is 15.6. The molecule has 0 aliphatic carbocycles. The van der Waals surface area contributed by atoms with E-state index >= 15 is 0 Å². The van der Waals surface area contributed by atoms with Crippen LogP contribution in [0.3, 0.4) is 0 Å². The van der Waals surface area contributed by atoms with Crippen molar-refractivity contribution in [2.45, 2.75) is 6.54 Å². The first-order valence-corrected chi connectivity index (χ1v) is 9.19. The maximum absolute atomic E-state index is 12.9. The van der Waals surface area contributed by atoms with E-state index in [1.807, 2.05) is 18.2 Å². The van der Waals surface area contributed by atoms with Crippen molar-refractivity contribution in [2.75, 3.05) is 26.2 Å². The van der Waals surface area contributed by atoms with Gasteiger partial charge in [0, 0.05) is 32.7 Å². The van der Waals surface area contributed by atoms with E-state index < -0.39 is 11.7 Å². The summed E-state index contributed by atoms with van der Waals surface area (Å²) in [7, 11) is 0. The second-order valence-electron chi connectivity index (χ2n) is 6.82. The van der Waals surface area contributed by atoms with Gasteiger partial charge in [-0.3, -0.25) is 19.3 Å². The molecule has 1 saturated heterocycles. The Balaban J connectivity index is 1.46. The number of piperazine rings is 1. The second kappa shape index (κ2) is 7.80. The first-order valence-electron chi connectivity index (χ1n) is 9.19. The topological polar surface area (TPSA) is 123 Å². The number of primary amides is 1. The summed E-state index contributed by atoms with van der Waals surface area (Å²) in [6.45, 7) is 3.49. The molecule has 1 fully saturated rings. The number of Topliss-reactive ketones (excluding diaryl/α,β-unsaturated/α-hetero) is 1. The van der Waals surface area contributed by atoms with Crippen molar-refractivity contribution < 1.29 is 18.9 Å². The van der Waals surface area contributed by atoms with E-state index in [4.69, 9.17) is 10.3 Å². The van der Waals surface area contributed by atoms with Crippen LogP contribution in [0.4, 0.5) is 0 Å². The fraction of sp³-hybridized carbons (Fsp3) is 0.250. The number of fused-ring (bicyclic) bond motifs is 1. The average molecular weight is 393 g/mol. The Morgan fingerprint density at radius 1 is 1.00 bits per heavy atom. The Bertz CT molecular complexity index is 1070. The fourth-order valence-electron chi connectivity index (χ4n) is 3.32. The highest BCUT2D eigenvalue weighted by atomic mass is 16.5. The minimum atomic E-state index is -1.17. The first kappa shape index (κ1) is 18.8. The molecule has 148 valence electrons. The van der Waals surface area contributed by atoms with Crippen molar-refractivity contribution in [3.05, 3.63) is 59.5 Å². The lowest BCUT2D eigenvalue weighted by Gasteiger charge is -2.34. The van der Waals surface area contributed by atoms with Crippen molar-refractivity contribution >= 4 is 28.6 Å². The van der Waals surface area contributed by atoms with Gasteiger partial charge in [-0.05, 0) is 17.7 Å². The van der Waals surface area contributed by atoms with Gasteiger partial charge in [0.1, 0.15) is 16.7 Å². The summed E-state index contributed by atoms with van der Waals surface area (Å²) < 4.78 is 4.89. The monoisotopic (exact) mass is 393 g/mol. The maximum Gasteiger partial charge on any atom is 0.293 e. The fourth-order valence-corrected chi connectivity index (χ4v) is 3.32. The van der Waals surface area contributed by atoms with E-state index in [0.717, 1.165) is 19.6 Å². The van der Waals surface area contributed by atoms with E-state index in [1.165, 1.54) is 17.7 Å². The Labute approximate surface area is 166 Å². The first-order chi connectivity index (χ1) is 14.0. The van der Waals surface area contributed by atoms with Crippen LogP contribution in [0.2, 0.25) is 0 Å². The molecule has 1 aliphatic heterocycles. The van der Waals surface area contributed by atoms with Gasteiger partial charge >= 0.3 is 0 Å². The Morgan fingerprint density at radius 2 is 1.72 bits per heavy atom. The Morgan fingerprint density at radius 3 is 2.41 bits per heavy atom. The molecule has 2 N–H and O–H groups in total. The van der Waals surface area contributed by atoms with E-state index in [0.29, 0.717) is 13.1 Å². The molecule has 3 heterocycles. The summed E-state index contributed by atoms with van der Waals surface area (Å²) in [5, 5.41) is 3.69. The Kier molecular flexibility index (Phi) is 5.05. The lowest BCUT2D eigenvalue weighted by molar-refractivity contribution is -0.114. The number of carbonyl (C=O) groups excluding carboxylic acids is 3. The molecule has 2 amide bonds. The van der Waals surface area contributed by atoms with Crippen LogP contribution in [0.5, 0.6) is 0 Å². The van der Waals surface area contributed by atoms with Crippen LogP contribution in [-0.4, -0.2) is 63.7 Å². The van der Waals surface area contributed by atoms with E-state index in [1.54, 1.807) is 4.90 Å². The predicted octanol–water partition coefficient (Wildman–Crippen LogP) is 0.849. The third-order valence-corrected chi connectivity index (χ3v) is 4.88. The van der Waals surface area contributed by atoms with Crippen LogP contribution < -0.4 is 5.73 Å². The van der Waals surface area contributed by atoms with Gasteiger partial charge in [-0.2, -0.15) is 0 Å². The minimum Gasteiger partial charge on any atom is -0.363 e. The average Bonchev–Trinajstić information content (AvgIpc) is 3.17. The van der Waals surface area contributed by atoms with Crippen LogP contribution in [0.1, 0.15) is 26.6 Å². The molecule has 2 aromatic heterocycles. The number of pyridine rings is 1. The lowest BCUT2D eigenvalue weighted by Crippen LogP contribution is -2.48. The lowest BCUT2D eigenvalue weighted by atomic mass is 10.2. The molecule has 9 nitrogen and oxygen atoms in total. The zero-order chi connectivity index (χ0) is 20.4. The number of carbonyl (C=O) groups is 3. The normalized spacial score (nSPS) is 14.8. The quantitative estimate of drug-likeness (QED) is 0.503. The molecule has 4 rings (SSSR count). The number of aromatic nitrogens is 2. The van der Waals surface area contributed by atoms with Crippen LogP contribution in [0, 0.1) is 0 Å². The Hall–Kier alpha value is -3.59. The number of rotatable bonds is 5. The van der Waals surface area contributed by atoms with Gasteiger partial charge in [-0.15, -0.1) is 0 Å². The SMILES string of the molecule is NC(=O)C(=O)c1onc2ccc(C(=O)N3CCN(Cc4ccccc4)CC3)nc12. The highest BCUT2D eigenvalue weighted by molar-refractivity contribution is 6.43. The van der Waals surface area contributed by atoms with Gasteiger partial charge in [0.25, 0.3) is 17.6 Å². The molecule has 0 spiro atoms. The van der Waals surface area contributed by atoms with Gasteiger partial charge in [-0.25, -0.2) is 4.98 Å². The van der Waals surface area contributed by atoms with Crippen LogP contribution in [0.15, 0.2) is 47.0 Å². The summed E-state index contributed by atoms with van der Waals surface area (Å²) in [4.78, 5) is 44.1. The van der Waals surface area contributed by atoms with Crippen molar-refractivity contribution in [1.82, 2.24) is 19.9 Å². The van der Waals surface area contributed by atoms with Gasteiger partial charge < -0.3 is 15.2 Å². The van der Waals surface area contributed by atoms with E-state index in [2.05, 4.69) is 27.2 Å². The van der Waals surface area contributed by atoms with Gasteiger partial charge in [0.2, 0.25) is 5.76 Å². The molecular formula is C20H19N5O4. The summed E-state index contributed by atoms with van der Waals surface area (Å²) in [5.74, 6) is -2.80. The van der Waals surface area contributed by atoms with Crippen molar-refractivity contribution in [3.63, 3.8) is 0 Å². The number of nitrogens with zero attached hydrogens (tertiary/aromatic N) is 4. The predicted molar refractivity (Wildman–Crippen MR) is 103 cm³/mol. The smallest absolute Gasteiger partial charge is 0.293 e. The summed E-state index contributed by atoms with van der Waals surface area (Å²) in [6.07, 6.45) is 0. The third-order valence-electron chi connectivity index (χ3n) is 4.88. The molecule has 29 heavy (non-hydrogen) atoms. The van der Waals surface area contributed by atoms with Crippen LogP contribution in [-0.2, 0) is 11.3 Å². The summed E-state index contributed by atoms with van der Waals surface area (Å²) in [6, 6.07) is 13.2. The number of amides is 2. The number of benzene rings is 1. The highest BCUT2D eigenvalue weighted by Crippen LogP contribution is 2.18. The van der Waals surface area contributed by atoms with Gasteiger partial charge in [0.05, 0.1) is 0 Å². The molecule has 1 aliphatic rings. The molecule has 0 atom stereocenters. The number of hydrogen-bond donors (Lipinski definition) is 1. The van der Waals surface area contributed by atoms with E-state index in [-0.39, 0.29) is 28.4 Å². The number of hydrogen-bond acceptors (Lipinski definition) is 7. The van der Waals surface area contributed by atoms with Crippen molar-refractivity contribution in [2.24, 2.45) is 5.73 Å². The third kappa shape index (κ3) is 3.85. The molecule has 0 bridgehead atoms. The zero-order valence-corrected chi connectivity index (χ0v) is 15.6. The number of nitrogens with two attached hydrogens (primary N) is 1. The van der Waals surface area contributed by atoms with Gasteiger partial charge in [-0.1, -0.05) is 35.5 Å². The summed E-state index contributed by atoms with van der Waals surface area (Å²) >= 11 is 0. The van der Waals surface area contributed by atoms with Gasteiger partial charge in [0.15, 0.2) is 0 Å². The number of ketones is 1. The molecule has 0 radical (unpaired) electrons. The molecule has 0 saturated carbocycles. The van der Waals surface area contributed by atoms with Crippen LogP contribution >= 0.6 is 0 Å². The van der Waals surface area contributed by atoms with E-state index in [9.17, 15) is 14.4 Å². The molecule has 9 heteroatoms. The largest absolute Gasteiger partial charge is 0.363 e. The van der Waals surface area contributed by atoms with Crippen molar-refractivity contribution in [3.8, 4) is 0 Å². The van der Waals surface area contributed by atoms with Crippen LogP contribution in [0.25, 0.3) is 11.0 Å². The van der Waals surface area contributed by atoms with Crippen molar-refractivity contribution in [1.29, 1.82) is 0 Å². The minimum absolute atomic E-state index is 0.0577. The standard InChI is InChI=1S/C20H19N5O4/c21-19(27)17(26)18-16-14(23-29-18)6-7-15(22-16)20(28)25-10-8-24(9-11-25)12-13-4-2-1-3-5-13/h1-7H,8-12H2,(H2,21,27). The maximum atomic E-state index is 12.9. The summed E-state index contributed by atoms with van der Waals surface area (Å²) in [5.41, 5.74) is 6.75. The molecule has 1 aromatic carbocycles. The molecule has 3 aromatic rings. The molecular weight excluding hydrogens is 374 g/mol.